The fraction of sp³-hybridized carbons (Fsp3) is 0.400. The zero-order valence-corrected chi connectivity index (χ0v) is 8.68. The van der Waals surface area contributed by atoms with Gasteiger partial charge < -0.3 is 10.8 Å². The Kier molecular flexibility index (Phi) is 3.86. The number of hydrogen-bond donors (Lipinski definition) is 2. The summed E-state index contributed by atoms with van der Waals surface area (Å²) in [5.74, 6) is -0.405. The molecule has 0 aliphatic carbocycles. The molecule has 0 radical (unpaired) electrons. The molecule has 0 spiro atoms. The van der Waals surface area contributed by atoms with Crippen LogP contribution in [0.1, 0.15) is 11.1 Å². The minimum atomic E-state index is -0.601. The predicted octanol–water partition coefficient (Wildman–Crippen LogP) is 1.65. The Labute approximate surface area is 87.5 Å². The quantitative estimate of drug-likeness (QED) is 0.809. The highest BCUT2D eigenvalue weighted by Gasteiger charge is 2.08. The molecule has 0 heterocycles. The molecule has 0 bridgehead atoms. The number of aliphatic hydroxyl groups is 1. The number of aryl methyl sites for hydroxylation is 1. The minimum Gasteiger partial charge on any atom is -0.391 e. The summed E-state index contributed by atoms with van der Waals surface area (Å²) in [5, 5.41) is 9.39. The summed E-state index contributed by atoms with van der Waals surface area (Å²) >= 11 is 5.66. The van der Waals surface area contributed by atoms with Crippen LogP contribution in [-0.4, -0.2) is 17.8 Å². The molecule has 1 atom stereocenters. The number of nitrogens with two attached hydrogens (primary N) is 1. The Morgan fingerprint density at radius 1 is 1.57 bits per heavy atom. The van der Waals surface area contributed by atoms with Crippen molar-refractivity contribution >= 4 is 11.6 Å². The van der Waals surface area contributed by atoms with Crippen LogP contribution >= 0.6 is 11.6 Å². The molecule has 14 heavy (non-hydrogen) atoms. The highest BCUT2D eigenvalue weighted by Crippen LogP contribution is 2.20. The number of benzene rings is 1. The molecule has 0 saturated heterocycles. The summed E-state index contributed by atoms with van der Waals surface area (Å²) in [6, 6.07) is 3.18. The van der Waals surface area contributed by atoms with E-state index in [1.54, 1.807) is 13.0 Å². The van der Waals surface area contributed by atoms with Crippen molar-refractivity contribution in [1.29, 1.82) is 0 Å². The number of rotatable bonds is 3. The maximum absolute atomic E-state index is 13.1. The molecule has 0 aliphatic heterocycles. The fourth-order valence-electron chi connectivity index (χ4n) is 1.27. The topological polar surface area (TPSA) is 46.2 Å². The lowest BCUT2D eigenvalue weighted by atomic mass is 10.1. The standard InChI is InChI=1S/C10H13ClFNO/c1-6-2-7(3-8(14)5-13)4-9(11)10(6)12/h2,4,8,14H,3,5,13H2,1H3/t8-/m1/s1. The Hall–Kier alpha value is -0.640. The van der Waals surface area contributed by atoms with Crippen LogP contribution < -0.4 is 5.73 Å². The van der Waals surface area contributed by atoms with Gasteiger partial charge in [-0.05, 0) is 30.5 Å². The summed E-state index contributed by atoms with van der Waals surface area (Å²) in [5.41, 5.74) is 6.55. The Morgan fingerprint density at radius 2 is 2.21 bits per heavy atom. The Bertz CT molecular complexity index is 307. The summed E-state index contributed by atoms with van der Waals surface area (Å²) < 4.78 is 13.1. The Morgan fingerprint density at radius 3 is 2.71 bits per heavy atom. The fourth-order valence-corrected chi connectivity index (χ4v) is 1.56. The van der Waals surface area contributed by atoms with Gasteiger partial charge in [-0.3, -0.25) is 0 Å². The van der Waals surface area contributed by atoms with E-state index in [1.807, 2.05) is 0 Å². The monoisotopic (exact) mass is 217 g/mol. The number of aliphatic hydroxyl groups excluding tert-OH is 1. The second-order valence-corrected chi connectivity index (χ2v) is 3.71. The van der Waals surface area contributed by atoms with E-state index in [9.17, 15) is 9.50 Å². The molecule has 0 amide bonds. The van der Waals surface area contributed by atoms with E-state index in [0.717, 1.165) is 5.56 Å². The first kappa shape index (κ1) is 11.4. The van der Waals surface area contributed by atoms with Crippen LogP contribution in [0.3, 0.4) is 0 Å². The lowest BCUT2D eigenvalue weighted by Gasteiger charge is -2.09. The third-order valence-corrected chi connectivity index (χ3v) is 2.29. The van der Waals surface area contributed by atoms with Crippen molar-refractivity contribution in [2.45, 2.75) is 19.4 Å². The molecule has 1 rings (SSSR count). The highest BCUT2D eigenvalue weighted by molar-refractivity contribution is 6.30. The number of hydrogen-bond acceptors (Lipinski definition) is 2. The van der Waals surface area contributed by atoms with E-state index in [-0.39, 0.29) is 11.6 Å². The molecule has 1 aromatic carbocycles. The van der Waals surface area contributed by atoms with Crippen molar-refractivity contribution in [2.75, 3.05) is 6.54 Å². The third-order valence-electron chi connectivity index (χ3n) is 2.01. The summed E-state index contributed by atoms with van der Waals surface area (Å²) in [7, 11) is 0. The summed E-state index contributed by atoms with van der Waals surface area (Å²) in [6.07, 6.45) is -0.201. The van der Waals surface area contributed by atoms with E-state index in [1.165, 1.54) is 6.07 Å². The van der Waals surface area contributed by atoms with E-state index in [0.29, 0.717) is 12.0 Å². The summed E-state index contributed by atoms with van der Waals surface area (Å²) in [6.45, 7) is 1.83. The lowest BCUT2D eigenvalue weighted by Crippen LogP contribution is -2.22. The molecule has 1 aromatic rings. The van der Waals surface area contributed by atoms with Gasteiger partial charge in [-0.2, -0.15) is 0 Å². The van der Waals surface area contributed by atoms with E-state index in [2.05, 4.69) is 0 Å². The van der Waals surface area contributed by atoms with Crippen molar-refractivity contribution in [1.82, 2.24) is 0 Å². The zero-order valence-electron chi connectivity index (χ0n) is 7.93. The first-order valence-electron chi connectivity index (χ1n) is 4.37. The van der Waals surface area contributed by atoms with Crippen LogP contribution in [0.4, 0.5) is 4.39 Å². The smallest absolute Gasteiger partial charge is 0.144 e. The molecule has 3 N–H and O–H groups in total. The van der Waals surface area contributed by atoms with Gasteiger partial charge in [-0.1, -0.05) is 17.7 Å². The van der Waals surface area contributed by atoms with Gasteiger partial charge in [-0.25, -0.2) is 4.39 Å². The first-order valence-corrected chi connectivity index (χ1v) is 4.75. The van der Waals surface area contributed by atoms with Gasteiger partial charge in [-0.15, -0.1) is 0 Å². The first-order chi connectivity index (χ1) is 6.54. The number of halogens is 2. The minimum absolute atomic E-state index is 0.0872. The van der Waals surface area contributed by atoms with Crippen LogP contribution in [0, 0.1) is 12.7 Å². The van der Waals surface area contributed by atoms with Crippen molar-refractivity contribution in [3.05, 3.63) is 34.1 Å². The molecule has 0 fully saturated rings. The van der Waals surface area contributed by atoms with Gasteiger partial charge >= 0.3 is 0 Å². The van der Waals surface area contributed by atoms with Crippen molar-refractivity contribution < 1.29 is 9.50 Å². The van der Waals surface area contributed by atoms with E-state index in [4.69, 9.17) is 17.3 Å². The van der Waals surface area contributed by atoms with Crippen LogP contribution in [-0.2, 0) is 6.42 Å². The van der Waals surface area contributed by atoms with Crippen molar-refractivity contribution in [3.63, 3.8) is 0 Å². The maximum atomic E-state index is 13.1. The lowest BCUT2D eigenvalue weighted by molar-refractivity contribution is 0.183. The van der Waals surface area contributed by atoms with Gasteiger partial charge in [0.25, 0.3) is 0 Å². The van der Waals surface area contributed by atoms with Crippen LogP contribution in [0.25, 0.3) is 0 Å². The zero-order chi connectivity index (χ0) is 10.7. The second-order valence-electron chi connectivity index (χ2n) is 3.30. The van der Waals surface area contributed by atoms with Crippen LogP contribution in [0.5, 0.6) is 0 Å². The molecule has 0 saturated carbocycles. The SMILES string of the molecule is Cc1cc(C[C@@H](O)CN)cc(Cl)c1F. The molecule has 0 unspecified atom stereocenters. The van der Waals surface area contributed by atoms with E-state index < -0.39 is 11.9 Å². The largest absolute Gasteiger partial charge is 0.391 e. The average molecular weight is 218 g/mol. The molecular formula is C10H13ClFNO. The molecule has 2 nitrogen and oxygen atoms in total. The van der Waals surface area contributed by atoms with E-state index >= 15 is 0 Å². The molecule has 78 valence electrons. The highest BCUT2D eigenvalue weighted by atomic mass is 35.5. The van der Waals surface area contributed by atoms with Crippen molar-refractivity contribution in [3.8, 4) is 0 Å². The molecule has 0 aromatic heterocycles. The van der Waals surface area contributed by atoms with Crippen molar-refractivity contribution in [2.24, 2.45) is 5.73 Å². The molecule has 0 aliphatic rings. The summed E-state index contributed by atoms with van der Waals surface area (Å²) in [4.78, 5) is 0. The Balaban J connectivity index is 2.89. The van der Waals surface area contributed by atoms with Gasteiger partial charge in [0.05, 0.1) is 11.1 Å². The average Bonchev–Trinajstić information content (AvgIpc) is 2.14. The van der Waals surface area contributed by atoms with Crippen LogP contribution in [0.15, 0.2) is 12.1 Å². The van der Waals surface area contributed by atoms with Gasteiger partial charge in [0.2, 0.25) is 0 Å². The van der Waals surface area contributed by atoms with Crippen LogP contribution in [0.2, 0.25) is 5.02 Å². The van der Waals surface area contributed by atoms with Gasteiger partial charge in [0, 0.05) is 6.54 Å². The second kappa shape index (κ2) is 4.73. The van der Waals surface area contributed by atoms with Gasteiger partial charge in [0.15, 0.2) is 0 Å². The third kappa shape index (κ3) is 2.67. The molecular weight excluding hydrogens is 205 g/mol. The maximum Gasteiger partial charge on any atom is 0.144 e. The van der Waals surface area contributed by atoms with Gasteiger partial charge in [0.1, 0.15) is 5.82 Å². The predicted molar refractivity (Wildman–Crippen MR) is 54.9 cm³/mol. The normalized spacial score (nSPS) is 12.9. The molecule has 4 heteroatoms.